The second-order valence-electron chi connectivity index (χ2n) is 4.47. The summed E-state index contributed by atoms with van der Waals surface area (Å²) in [5.74, 6) is 0.835. The number of rotatable bonds is 4. The van der Waals surface area contributed by atoms with E-state index >= 15 is 0 Å². The van der Waals surface area contributed by atoms with Crippen molar-refractivity contribution in [3.63, 3.8) is 0 Å². The first kappa shape index (κ1) is 11.3. The predicted molar refractivity (Wildman–Crippen MR) is 64.9 cm³/mol. The lowest BCUT2D eigenvalue weighted by molar-refractivity contribution is 0.214. The molecule has 0 heterocycles. The Morgan fingerprint density at radius 1 is 1.31 bits per heavy atom. The number of nitrogens with one attached hydrogen (secondary N) is 1. The van der Waals surface area contributed by atoms with Crippen LogP contribution in [0.2, 0.25) is 0 Å². The molecule has 16 heavy (non-hydrogen) atoms. The maximum absolute atomic E-state index is 9.54. The van der Waals surface area contributed by atoms with Crippen molar-refractivity contribution in [1.82, 2.24) is 0 Å². The van der Waals surface area contributed by atoms with Gasteiger partial charge in [-0.15, -0.1) is 0 Å². The van der Waals surface area contributed by atoms with Crippen molar-refractivity contribution in [3.8, 4) is 5.75 Å². The molecule has 1 aromatic carbocycles. The Bertz CT molecular complexity index is 346. The second-order valence-corrected chi connectivity index (χ2v) is 4.47. The average molecular weight is 221 g/mol. The highest BCUT2D eigenvalue weighted by Crippen LogP contribution is 2.35. The van der Waals surface area contributed by atoms with Gasteiger partial charge in [-0.2, -0.15) is 0 Å². The summed E-state index contributed by atoms with van der Waals surface area (Å²) in [5, 5.41) is 13.0. The highest BCUT2D eigenvalue weighted by Gasteiger charge is 2.33. The van der Waals surface area contributed by atoms with Gasteiger partial charge in [0.25, 0.3) is 0 Å². The van der Waals surface area contributed by atoms with Gasteiger partial charge >= 0.3 is 0 Å². The van der Waals surface area contributed by atoms with E-state index in [1.807, 2.05) is 24.3 Å². The molecule has 1 aliphatic carbocycles. The first-order chi connectivity index (χ1) is 7.79. The third kappa shape index (κ3) is 2.14. The minimum atomic E-state index is -0.144. The van der Waals surface area contributed by atoms with Gasteiger partial charge in [0.1, 0.15) is 5.75 Å². The van der Waals surface area contributed by atoms with Crippen LogP contribution in [0.3, 0.4) is 0 Å². The maximum atomic E-state index is 9.54. The third-order valence-corrected chi connectivity index (χ3v) is 3.37. The molecular formula is C13H19NO2. The summed E-state index contributed by atoms with van der Waals surface area (Å²) < 4.78 is 5.30. The summed E-state index contributed by atoms with van der Waals surface area (Å²) in [5.41, 5.74) is 0.829. The zero-order valence-electron chi connectivity index (χ0n) is 9.70. The van der Waals surface area contributed by atoms with Crippen LogP contribution in [-0.4, -0.2) is 24.4 Å². The molecule has 2 rings (SSSR count). The molecular weight excluding hydrogens is 202 g/mol. The summed E-state index contributed by atoms with van der Waals surface area (Å²) in [6.07, 6.45) is 4.43. The molecule has 1 aromatic rings. The van der Waals surface area contributed by atoms with E-state index in [4.69, 9.17) is 4.74 Å². The van der Waals surface area contributed by atoms with Gasteiger partial charge in [0, 0.05) is 0 Å². The summed E-state index contributed by atoms with van der Waals surface area (Å²) in [6.45, 7) is 0.186. The van der Waals surface area contributed by atoms with E-state index in [1.54, 1.807) is 7.11 Å². The SMILES string of the molecule is COc1ccccc1NC1(CO)CCCC1. The monoisotopic (exact) mass is 221 g/mol. The predicted octanol–water partition coefficient (Wildman–Crippen LogP) is 2.41. The van der Waals surface area contributed by atoms with Crippen molar-refractivity contribution in [1.29, 1.82) is 0 Å². The van der Waals surface area contributed by atoms with Gasteiger partial charge in [-0.25, -0.2) is 0 Å². The first-order valence-electron chi connectivity index (χ1n) is 5.82. The van der Waals surface area contributed by atoms with Gasteiger partial charge in [0.15, 0.2) is 0 Å². The average Bonchev–Trinajstić information content (AvgIpc) is 2.79. The van der Waals surface area contributed by atoms with Crippen LogP contribution in [0.15, 0.2) is 24.3 Å². The normalized spacial score (nSPS) is 18.4. The van der Waals surface area contributed by atoms with Crippen LogP contribution in [0.1, 0.15) is 25.7 Å². The van der Waals surface area contributed by atoms with Crippen molar-refractivity contribution < 1.29 is 9.84 Å². The number of para-hydroxylation sites is 2. The van der Waals surface area contributed by atoms with Crippen molar-refractivity contribution in [2.24, 2.45) is 0 Å². The Morgan fingerprint density at radius 2 is 2.00 bits per heavy atom. The first-order valence-corrected chi connectivity index (χ1v) is 5.82. The minimum absolute atomic E-state index is 0.144. The summed E-state index contributed by atoms with van der Waals surface area (Å²) >= 11 is 0. The van der Waals surface area contributed by atoms with E-state index in [0.29, 0.717) is 0 Å². The molecule has 0 radical (unpaired) electrons. The van der Waals surface area contributed by atoms with Crippen LogP contribution in [0.5, 0.6) is 5.75 Å². The molecule has 0 bridgehead atoms. The van der Waals surface area contributed by atoms with Gasteiger partial charge < -0.3 is 15.2 Å². The van der Waals surface area contributed by atoms with Crippen LogP contribution < -0.4 is 10.1 Å². The zero-order valence-corrected chi connectivity index (χ0v) is 9.70. The number of benzene rings is 1. The number of methoxy groups -OCH3 is 1. The summed E-state index contributed by atoms with van der Waals surface area (Å²) in [6, 6.07) is 7.85. The van der Waals surface area contributed by atoms with Crippen LogP contribution in [0, 0.1) is 0 Å². The fourth-order valence-corrected chi connectivity index (χ4v) is 2.41. The Morgan fingerprint density at radius 3 is 2.62 bits per heavy atom. The van der Waals surface area contributed by atoms with Crippen LogP contribution >= 0.6 is 0 Å². The maximum Gasteiger partial charge on any atom is 0.141 e. The third-order valence-electron chi connectivity index (χ3n) is 3.37. The van der Waals surface area contributed by atoms with Crippen molar-refractivity contribution in [3.05, 3.63) is 24.3 Å². The molecule has 0 atom stereocenters. The molecule has 0 aliphatic heterocycles. The molecule has 3 heteroatoms. The molecule has 88 valence electrons. The Hall–Kier alpha value is -1.22. The quantitative estimate of drug-likeness (QED) is 0.820. The number of ether oxygens (including phenoxy) is 1. The minimum Gasteiger partial charge on any atom is -0.495 e. The van der Waals surface area contributed by atoms with E-state index in [1.165, 1.54) is 12.8 Å². The molecule has 0 saturated heterocycles. The smallest absolute Gasteiger partial charge is 0.141 e. The highest BCUT2D eigenvalue weighted by molar-refractivity contribution is 5.57. The molecule has 2 N–H and O–H groups in total. The van der Waals surface area contributed by atoms with Gasteiger partial charge in [0.2, 0.25) is 0 Å². The molecule has 1 aliphatic rings. The zero-order chi connectivity index (χ0) is 11.4. The van der Waals surface area contributed by atoms with Crippen molar-refractivity contribution >= 4 is 5.69 Å². The number of hydrogen-bond acceptors (Lipinski definition) is 3. The number of aliphatic hydroxyl groups excluding tert-OH is 1. The highest BCUT2D eigenvalue weighted by atomic mass is 16.5. The van der Waals surface area contributed by atoms with E-state index < -0.39 is 0 Å². The van der Waals surface area contributed by atoms with Crippen LogP contribution in [0.25, 0.3) is 0 Å². The lowest BCUT2D eigenvalue weighted by Gasteiger charge is -2.30. The lowest BCUT2D eigenvalue weighted by Crippen LogP contribution is -2.39. The van der Waals surface area contributed by atoms with E-state index in [0.717, 1.165) is 24.3 Å². The topological polar surface area (TPSA) is 41.5 Å². The number of hydrogen-bond donors (Lipinski definition) is 2. The van der Waals surface area contributed by atoms with E-state index in [9.17, 15) is 5.11 Å². The molecule has 1 saturated carbocycles. The molecule has 0 amide bonds. The summed E-state index contributed by atoms with van der Waals surface area (Å²) in [7, 11) is 1.67. The Kier molecular flexibility index (Phi) is 3.34. The van der Waals surface area contributed by atoms with E-state index in [-0.39, 0.29) is 12.1 Å². The Labute approximate surface area is 96.4 Å². The second kappa shape index (κ2) is 4.74. The molecule has 1 fully saturated rings. The van der Waals surface area contributed by atoms with Gasteiger partial charge in [-0.3, -0.25) is 0 Å². The number of aliphatic hydroxyl groups is 1. The summed E-state index contributed by atoms with van der Waals surface area (Å²) in [4.78, 5) is 0. The molecule has 0 unspecified atom stereocenters. The van der Waals surface area contributed by atoms with Gasteiger partial charge in [0.05, 0.1) is 24.9 Å². The van der Waals surface area contributed by atoms with Crippen LogP contribution in [0.4, 0.5) is 5.69 Å². The van der Waals surface area contributed by atoms with Crippen molar-refractivity contribution in [2.75, 3.05) is 19.0 Å². The molecule has 3 nitrogen and oxygen atoms in total. The van der Waals surface area contributed by atoms with E-state index in [2.05, 4.69) is 5.32 Å². The van der Waals surface area contributed by atoms with Gasteiger partial charge in [-0.05, 0) is 25.0 Å². The molecule has 0 aromatic heterocycles. The van der Waals surface area contributed by atoms with Crippen molar-refractivity contribution in [2.45, 2.75) is 31.2 Å². The lowest BCUT2D eigenvalue weighted by atomic mass is 9.98. The molecule has 0 spiro atoms. The standard InChI is InChI=1S/C13H19NO2/c1-16-12-7-3-2-6-11(12)14-13(10-15)8-4-5-9-13/h2-3,6-7,14-15H,4-5,8-10H2,1H3. The van der Waals surface area contributed by atoms with Crippen LogP contribution in [-0.2, 0) is 0 Å². The largest absolute Gasteiger partial charge is 0.495 e. The Balaban J connectivity index is 2.18. The fraction of sp³-hybridized carbons (Fsp3) is 0.538. The fourth-order valence-electron chi connectivity index (χ4n) is 2.41. The number of anilines is 1. The van der Waals surface area contributed by atoms with Gasteiger partial charge in [-0.1, -0.05) is 25.0 Å².